The van der Waals surface area contributed by atoms with E-state index in [1.54, 1.807) is 5.57 Å². The molecule has 0 amide bonds. The van der Waals surface area contributed by atoms with Crippen LogP contribution in [0.4, 0.5) is 0 Å². The van der Waals surface area contributed by atoms with E-state index in [-0.39, 0.29) is 0 Å². The van der Waals surface area contributed by atoms with Crippen molar-refractivity contribution >= 4 is 0 Å². The molecule has 0 saturated carbocycles. The van der Waals surface area contributed by atoms with Gasteiger partial charge in [-0.2, -0.15) is 0 Å². The monoisotopic (exact) mass is 207 g/mol. The van der Waals surface area contributed by atoms with Crippen LogP contribution in [0.25, 0.3) is 0 Å². The van der Waals surface area contributed by atoms with Crippen LogP contribution in [0.1, 0.15) is 40.5 Å². The molecule has 0 N–H and O–H groups in total. The number of rotatable bonds is 4. The summed E-state index contributed by atoms with van der Waals surface area (Å²) >= 11 is 0. The second-order valence-electron chi connectivity index (χ2n) is 5.40. The van der Waals surface area contributed by atoms with Crippen LogP contribution in [0, 0.1) is 5.41 Å². The minimum Gasteiger partial charge on any atom is -0.309 e. The van der Waals surface area contributed by atoms with E-state index in [9.17, 15) is 0 Å². The zero-order chi connectivity index (χ0) is 11.6. The summed E-state index contributed by atoms with van der Waals surface area (Å²) < 4.78 is 0. The molecule has 1 heteroatoms. The van der Waals surface area contributed by atoms with Crippen LogP contribution in [0.2, 0.25) is 0 Å². The van der Waals surface area contributed by atoms with Gasteiger partial charge in [-0.3, -0.25) is 0 Å². The van der Waals surface area contributed by atoms with Gasteiger partial charge in [0.05, 0.1) is 0 Å². The van der Waals surface area contributed by atoms with Crippen molar-refractivity contribution in [2.75, 3.05) is 20.6 Å². The molecule has 1 unspecified atom stereocenters. The van der Waals surface area contributed by atoms with Crippen molar-refractivity contribution in [3.63, 3.8) is 0 Å². The molecule has 0 aromatic carbocycles. The molecule has 0 radical (unpaired) electrons. The van der Waals surface area contributed by atoms with Crippen molar-refractivity contribution in [3.05, 3.63) is 22.8 Å². The lowest BCUT2D eigenvalue weighted by Gasteiger charge is -2.25. The van der Waals surface area contributed by atoms with Crippen LogP contribution in [-0.4, -0.2) is 25.5 Å². The zero-order valence-electron chi connectivity index (χ0n) is 11.1. The second kappa shape index (κ2) is 4.52. The van der Waals surface area contributed by atoms with Crippen LogP contribution in [0.15, 0.2) is 22.8 Å². The number of hydrogen-bond acceptors (Lipinski definition) is 1. The Hall–Kier alpha value is -0.560. The molecule has 0 fully saturated rings. The van der Waals surface area contributed by atoms with Crippen molar-refractivity contribution in [2.24, 2.45) is 5.41 Å². The third-order valence-electron chi connectivity index (χ3n) is 3.85. The highest BCUT2D eigenvalue weighted by Crippen LogP contribution is 2.43. The standard InChI is InChI=1S/C14H25N/c1-11-10-14(4,13(3)12(11)2)8-7-9-15(5)6/h10H,7-9H2,1-6H3. The van der Waals surface area contributed by atoms with Gasteiger partial charge in [-0.15, -0.1) is 0 Å². The van der Waals surface area contributed by atoms with Gasteiger partial charge in [-0.25, -0.2) is 0 Å². The maximum Gasteiger partial charge on any atom is 0.00718 e. The van der Waals surface area contributed by atoms with E-state index in [0.717, 1.165) is 0 Å². The highest BCUT2D eigenvalue weighted by Gasteiger charge is 2.29. The summed E-state index contributed by atoms with van der Waals surface area (Å²) in [6.07, 6.45) is 5.00. The molecule has 0 aliphatic heterocycles. The Bertz CT molecular complexity index is 296. The fourth-order valence-electron chi connectivity index (χ4n) is 2.44. The Morgan fingerprint density at radius 1 is 1.20 bits per heavy atom. The van der Waals surface area contributed by atoms with E-state index in [0.29, 0.717) is 5.41 Å². The minimum absolute atomic E-state index is 0.324. The van der Waals surface area contributed by atoms with Gasteiger partial charge in [-0.1, -0.05) is 24.1 Å². The smallest absolute Gasteiger partial charge is 0.00718 e. The molecule has 1 rings (SSSR count). The van der Waals surface area contributed by atoms with Crippen molar-refractivity contribution in [2.45, 2.75) is 40.5 Å². The molecule has 15 heavy (non-hydrogen) atoms. The second-order valence-corrected chi connectivity index (χ2v) is 5.40. The lowest BCUT2D eigenvalue weighted by Crippen LogP contribution is -2.18. The molecule has 1 aliphatic carbocycles. The SMILES string of the molecule is CC1=CC(C)(CCCN(C)C)C(C)=C1C. The predicted octanol–water partition coefficient (Wildman–Crippen LogP) is 3.63. The summed E-state index contributed by atoms with van der Waals surface area (Å²) in [5.74, 6) is 0. The predicted molar refractivity (Wildman–Crippen MR) is 68.0 cm³/mol. The van der Waals surface area contributed by atoms with Crippen LogP contribution >= 0.6 is 0 Å². The Morgan fingerprint density at radius 2 is 1.80 bits per heavy atom. The lowest BCUT2D eigenvalue weighted by molar-refractivity contribution is 0.357. The summed E-state index contributed by atoms with van der Waals surface area (Å²) in [6.45, 7) is 10.3. The molecular formula is C14H25N. The molecule has 0 saturated heterocycles. The molecule has 0 aromatic rings. The summed E-state index contributed by atoms with van der Waals surface area (Å²) in [6, 6.07) is 0. The average molecular weight is 207 g/mol. The van der Waals surface area contributed by atoms with E-state index >= 15 is 0 Å². The van der Waals surface area contributed by atoms with E-state index in [2.05, 4.69) is 52.8 Å². The quantitative estimate of drug-likeness (QED) is 0.680. The van der Waals surface area contributed by atoms with Crippen LogP contribution in [0.5, 0.6) is 0 Å². The first-order valence-electron chi connectivity index (χ1n) is 5.89. The molecule has 0 bridgehead atoms. The van der Waals surface area contributed by atoms with E-state index in [1.807, 2.05) is 0 Å². The number of allylic oxidation sites excluding steroid dienone is 4. The topological polar surface area (TPSA) is 3.24 Å². The molecule has 86 valence electrons. The summed E-state index contributed by atoms with van der Waals surface area (Å²) in [5, 5.41) is 0. The van der Waals surface area contributed by atoms with Crippen molar-refractivity contribution in [1.29, 1.82) is 0 Å². The number of hydrogen-bond donors (Lipinski definition) is 0. The van der Waals surface area contributed by atoms with Gasteiger partial charge < -0.3 is 4.90 Å². The van der Waals surface area contributed by atoms with E-state index in [4.69, 9.17) is 0 Å². The third-order valence-corrected chi connectivity index (χ3v) is 3.85. The van der Waals surface area contributed by atoms with Gasteiger partial charge in [0.2, 0.25) is 0 Å². The van der Waals surface area contributed by atoms with Crippen LogP contribution < -0.4 is 0 Å². The largest absolute Gasteiger partial charge is 0.309 e. The molecule has 1 atom stereocenters. The third kappa shape index (κ3) is 2.72. The highest BCUT2D eigenvalue weighted by molar-refractivity contribution is 5.44. The molecule has 1 nitrogen and oxygen atoms in total. The average Bonchev–Trinajstić information content (AvgIpc) is 2.30. The summed E-state index contributed by atoms with van der Waals surface area (Å²) in [4.78, 5) is 2.26. The van der Waals surface area contributed by atoms with Crippen LogP contribution in [-0.2, 0) is 0 Å². The van der Waals surface area contributed by atoms with Crippen molar-refractivity contribution in [3.8, 4) is 0 Å². The van der Waals surface area contributed by atoms with Gasteiger partial charge in [0.1, 0.15) is 0 Å². The van der Waals surface area contributed by atoms with Gasteiger partial charge >= 0.3 is 0 Å². The molecule has 1 aliphatic rings. The highest BCUT2D eigenvalue weighted by atomic mass is 15.0. The Morgan fingerprint density at radius 3 is 2.20 bits per heavy atom. The van der Waals surface area contributed by atoms with Crippen molar-refractivity contribution < 1.29 is 0 Å². The molecular weight excluding hydrogens is 182 g/mol. The minimum atomic E-state index is 0.324. The maximum absolute atomic E-state index is 2.45. The fraction of sp³-hybridized carbons (Fsp3) is 0.714. The first-order valence-corrected chi connectivity index (χ1v) is 5.89. The first-order chi connectivity index (χ1) is 6.87. The van der Waals surface area contributed by atoms with E-state index < -0.39 is 0 Å². The Labute approximate surface area is 94.9 Å². The van der Waals surface area contributed by atoms with Gasteiger partial charge in [0.25, 0.3) is 0 Å². The first kappa shape index (κ1) is 12.5. The molecule has 0 aromatic heterocycles. The Balaban J connectivity index is 2.62. The lowest BCUT2D eigenvalue weighted by atomic mass is 9.80. The fourth-order valence-corrected chi connectivity index (χ4v) is 2.44. The summed E-state index contributed by atoms with van der Waals surface area (Å²) in [5.41, 5.74) is 4.87. The van der Waals surface area contributed by atoms with Crippen molar-refractivity contribution in [1.82, 2.24) is 4.90 Å². The van der Waals surface area contributed by atoms with Gasteiger partial charge in [-0.05, 0) is 59.8 Å². The normalized spacial score (nSPS) is 26.5. The Kier molecular flexibility index (Phi) is 3.77. The molecule has 0 heterocycles. The number of nitrogens with zero attached hydrogens (tertiary/aromatic N) is 1. The summed E-state index contributed by atoms with van der Waals surface area (Å²) in [7, 11) is 4.29. The van der Waals surface area contributed by atoms with Gasteiger partial charge in [0.15, 0.2) is 0 Å². The van der Waals surface area contributed by atoms with E-state index in [1.165, 1.54) is 30.5 Å². The van der Waals surface area contributed by atoms with Gasteiger partial charge in [0, 0.05) is 5.41 Å². The zero-order valence-corrected chi connectivity index (χ0v) is 11.1. The molecule has 0 spiro atoms. The maximum atomic E-state index is 2.45. The van der Waals surface area contributed by atoms with Crippen LogP contribution in [0.3, 0.4) is 0 Å².